The smallest absolute Gasteiger partial charge is 0.0178 e. The van der Waals surface area contributed by atoms with Crippen LogP contribution in [0.1, 0.15) is 104 Å². The second-order valence-electron chi connectivity index (χ2n) is 7.32. The van der Waals surface area contributed by atoms with Crippen molar-refractivity contribution in [3.05, 3.63) is 12.7 Å². The van der Waals surface area contributed by atoms with E-state index in [0.29, 0.717) is 5.54 Å². The van der Waals surface area contributed by atoms with E-state index in [9.17, 15) is 0 Å². The molecule has 0 rings (SSSR count). The third-order valence-corrected chi connectivity index (χ3v) is 5.21. The fourth-order valence-electron chi connectivity index (χ4n) is 3.28. The van der Waals surface area contributed by atoms with Gasteiger partial charge in [-0.05, 0) is 52.6 Å². The molecule has 0 spiro atoms. The van der Waals surface area contributed by atoms with Crippen LogP contribution >= 0.6 is 0 Å². The third-order valence-electron chi connectivity index (χ3n) is 5.21. The second kappa shape index (κ2) is 14.3. The van der Waals surface area contributed by atoms with E-state index in [1.807, 2.05) is 0 Å². The van der Waals surface area contributed by atoms with Gasteiger partial charge in [0.2, 0.25) is 0 Å². The van der Waals surface area contributed by atoms with Gasteiger partial charge in [-0.2, -0.15) is 0 Å². The molecule has 1 heteroatoms. The summed E-state index contributed by atoms with van der Waals surface area (Å²) in [6.07, 6.45) is 19.6. The number of hydrogen-bond acceptors (Lipinski definition) is 1. The molecule has 0 heterocycles. The Bertz CT molecular complexity index is 234. The number of hydrogen-bond donors (Lipinski definition) is 0. The zero-order valence-corrected chi connectivity index (χ0v) is 16.1. The Kier molecular flexibility index (Phi) is 14.1. The summed E-state index contributed by atoms with van der Waals surface area (Å²) in [6, 6.07) is 0. The minimum atomic E-state index is 0.412. The van der Waals surface area contributed by atoms with Crippen LogP contribution in [0.3, 0.4) is 0 Å². The Morgan fingerprint density at radius 3 is 1.82 bits per heavy atom. The van der Waals surface area contributed by atoms with Gasteiger partial charge in [0, 0.05) is 5.54 Å². The summed E-state index contributed by atoms with van der Waals surface area (Å²) in [5, 5.41) is 0. The lowest BCUT2D eigenvalue weighted by Crippen LogP contribution is -2.44. The topological polar surface area (TPSA) is 3.24 Å². The monoisotopic (exact) mass is 309 g/mol. The fraction of sp³-hybridized carbons (Fsp3) is 0.905. The maximum absolute atomic E-state index is 3.83. The van der Waals surface area contributed by atoms with Crippen LogP contribution in [0.2, 0.25) is 0 Å². The Morgan fingerprint density at radius 2 is 1.36 bits per heavy atom. The Morgan fingerprint density at radius 1 is 0.818 bits per heavy atom. The largest absolute Gasteiger partial charge is 0.301 e. The minimum absolute atomic E-state index is 0.412. The highest BCUT2D eigenvalue weighted by Gasteiger charge is 2.27. The molecule has 0 bridgehead atoms. The predicted octanol–water partition coefficient (Wildman–Crippen LogP) is 6.97. The summed E-state index contributed by atoms with van der Waals surface area (Å²) in [5.41, 5.74) is 0.412. The van der Waals surface area contributed by atoms with Crippen LogP contribution in [0.4, 0.5) is 0 Å². The minimum Gasteiger partial charge on any atom is -0.301 e. The summed E-state index contributed by atoms with van der Waals surface area (Å²) in [5.74, 6) is 0. The van der Waals surface area contributed by atoms with Crippen molar-refractivity contribution in [1.82, 2.24) is 4.90 Å². The lowest BCUT2D eigenvalue weighted by molar-refractivity contribution is 0.107. The molecule has 0 aromatic heterocycles. The van der Waals surface area contributed by atoms with Crippen molar-refractivity contribution in [2.24, 2.45) is 0 Å². The van der Waals surface area contributed by atoms with Crippen molar-refractivity contribution in [2.75, 3.05) is 13.6 Å². The average molecular weight is 310 g/mol. The molecular formula is C21H43N. The van der Waals surface area contributed by atoms with Crippen molar-refractivity contribution < 1.29 is 0 Å². The van der Waals surface area contributed by atoms with E-state index >= 15 is 0 Å². The second-order valence-corrected chi connectivity index (χ2v) is 7.32. The van der Waals surface area contributed by atoms with Crippen molar-refractivity contribution in [3.63, 3.8) is 0 Å². The highest BCUT2D eigenvalue weighted by Crippen LogP contribution is 2.28. The van der Waals surface area contributed by atoms with Crippen LogP contribution in [0, 0.1) is 0 Å². The van der Waals surface area contributed by atoms with Gasteiger partial charge in [-0.15, -0.1) is 6.58 Å². The quantitative estimate of drug-likeness (QED) is 0.220. The molecule has 0 aliphatic rings. The van der Waals surface area contributed by atoms with Crippen LogP contribution < -0.4 is 0 Å². The molecule has 0 aliphatic carbocycles. The SMILES string of the molecule is C=CCCCCN(C)C(C)(CCCCCC)CCCCCC. The summed E-state index contributed by atoms with van der Waals surface area (Å²) < 4.78 is 0. The average Bonchev–Trinajstić information content (AvgIpc) is 2.52. The van der Waals surface area contributed by atoms with Gasteiger partial charge in [0.15, 0.2) is 0 Å². The first-order valence-electron chi connectivity index (χ1n) is 9.92. The normalized spacial score (nSPS) is 12.0. The van der Waals surface area contributed by atoms with Gasteiger partial charge in [-0.1, -0.05) is 71.3 Å². The fourth-order valence-corrected chi connectivity index (χ4v) is 3.28. The maximum atomic E-state index is 3.83. The van der Waals surface area contributed by atoms with Gasteiger partial charge in [0.25, 0.3) is 0 Å². The van der Waals surface area contributed by atoms with E-state index in [0.717, 1.165) is 6.42 Å². The first kappa shape index (κ1) is 21.7. The highest BCUT2D eigenvalue weighted by atomic mass is 15.2. The summed E-state index contributed by atoms with van der Waals surface area (Å²) >= 11 is 0. The molecule has 22 heavy (non-hydrogen) atoms. The molecule has 132 valence electrons. The van der Waals surface area contributed by atoms with E-state index in [4.69, 9.17) is 0 Å². The van der Waals surface area contributed by atoms with Crippen LogP contribution in [-0.2, 0) is 0 Å². The lowest BCUT2D eigenvalue weighted by Gasteiger charge is -2.40. The van der Waals surface area contributed by atoms with Gasteiger partial charge in [-0.25, -0.2) is 0 Å². The highest BCUT2D eigenvalue weighted by molar-refractivity contribution is 4.84. The molecular weight excluding hydrogens is 266 g/mol. The van der Waals surface area contributed by atoms with Crippen molar-refractivity contribution in [3.8, 4) is 0 Å². The molecule has 0 atom stereocenters. The molecule has 0 saturated heterocycles. The van der Waals surface area contributed by atoms with Gasteiger partial charge < -0.3 is 4.90 Å². The van der Waals surface area contributed by atoms with Gasteiger partial charge in [0.1, 0.15) is 0 Å². The molecule has 0 amide bonds. The number of rotatable bonds is 16. The number of nitrogens with zero attached hydrogens (tertiary/aromatic N) is 1. The predicted molar refractivity (Wildman–Crippen MR) is 103 cm³/mol. The molecule has 0 aromatic carbocycles. The number of unbranched alkanes of at least 4 members (excludes halogenated alkanes) is 8. The molecule has 0 unspecified atom stereocenters. The maximum Gasteiger partial charge on any atom is 0.0178 e. The molecule has 0 N–H and O–H groups in total. The third kappa shape index (κ3) is 10.4. The Hall–Kier alpha value is -0.300. The van der Waals surface area contributed by atoms with Gasteiger partial charge in [0.05, 0.1) is 0 Å². The van der Waals surface area contributed by atoms with Crippen LogP contribution in [0.5, 0.6) is 0 Å². The molecule has 0 fully saturated rings. The van der Waals surface area contributed by atoms with Crippen LogP contribution in [-0.4, -0.2) is 24.0 Å². The Balaban J connectivity index is 4.29. The lowest BCUT2D eigenvalue weighted by atomic mass is 9.86. The zero-order valence-electron chi connectivity index (χ0n) is 16.1. The van der Waals surface area contributed by atoms with Crippen LogP contribution in [0.15, 0.2) is 12.7 Å². The van der Waals surface area contributed by atoms with E-state index in [2.05, 4.69) is 45.4 Å². The first-order chi connectivity index (χ1) is 10.6. The van der Waals surface area contributed by atoms with Gasteiger partial charge >= 0.3 is 0 Å². The van der Waals surface area contributed by atoms with Crippen LogP contribution in [0.25, 0.3) is 0 Å². The van der Waals surface area contributed by atoms with E-state index in [1.165, 1.54) is 83.6 Å². The molecule has 1 nitrogen and oxygen atoms in total. The molecule has 0 aromatic rings. The molecule has 0 aliphatic heterocycles. The van der Waals surface area contributed by atoms with E-state index in [1.54, 1.807) is 0 Å². The van der Waals surface area contributed by atoms with E-state index < -0.39 is 0 Å². The summed E-state index contributed by atoms with van der Waals surface area (Å²) in [7, 11) is 2.35. The Labute approximate surface area is 141 Å². The molecule has 0 saturated carbocycles. The van der Waals surface area contributed by atoms with Crippen molar-refractivity contribution in [1.29, 1.82) is 0 Å². The van der Waals surface area contributed by atoms with Crippen molar-refractivity contribution >= 4 is 0 Å². The first-order valence-corrected chi connectivity index (χ1v) is 9.92. The molecule has 0 radical (unpaired) electrons. The zero-order chi connectivity index (χ0) is 16.7. The standard InChI is InChI=1S/C21H43N/c1-6-9-12-15-18-21(4,19-16-13-10-7-2)22(5)20-17-14-11-8-3/h8H,3,6-7,9-20H2,1-2,4-5H3. The van der Waals surface area contributed by atoms with Crippen molar-refractivity contribution in [2.45, 2.75) is 110 Å². The summed E-state index contributed by atoms with van der Waals surface area (Å²) in [4.78, 5) is 2.66. The van der Waals surface area contributed by atoms with Gasteiger partial charge in [-0.3, -0.25) is 0 Å². The number of allylic oxidation sites excluding steroid dienone is 1. The van der Waals surface area contributed by atoms with E-state index in [-0.39, 0.29) is 0 Å². The summed E-state index contributed by atoms with van der Waals surface area (Å²) in [6.45, 7) is 12.2.